The molecule has 1 nitrogen and oxygen atoms in total. The van der Waals surface area contributed by atoms with Crippen LogP contribution in [0.1, 0.15) is 0 Å². The monoisotopic (exact) mass is 176 g/mol. The third kappa shape index (κ3) is 10.7. The van der Waals surface area contributed by atoms with Gasteiger partial charge in [0.1, 0.15) is 0 Å². The van der Waals surface area contributed by atoms with Gasteiger partial charge in [0.15, 0.2) is 0 Å². The van der Waals surface area contributed by atoms with Gasteiger partial charge in [-0.1, -0.05) is 48.6 Å². The minimum absolute atomic E-state index is 0.617. The lowest BCUT2D eigenvalue weighted by atomic mass is 10.4. The number of ether oxygens (including phenoxy) is 1. The molecule has 0 aliphatic heterocycles. The highest BCUT2D eigenvalue weighted by Crippen LogP contribution is 1.79. The highest BCUT2D eigenvalue weighted by Gasteiger charge is 1.70. The molecule has 0 bridgehead atoms. The van der Waals surface area contributed by atoms with E-state index in [1.807, 2.05) is 36.4 Å². The second-order valence-electron chi connectivity index (χ2n) is 2.27. The zero-order valence-electron chi connectivity index (χ0n) is 7.86. The number of hydrogen-bond acceptors (Lipinski definition) is 1. The maximum absolute atomic E-state index is 4.90. The standard InChI is InChI=1S/C6H10O.C6H6/c1-3-5-7-6-4-2;1-2-4-6-5-3-1/h3-4H,1-2,5-6H2;1-6H. The molecule has 1 heteroatoms. The molecule has 0 atom stereocenters. The van der Waals surface area contributed by atoms with Gasteiger partial charge in [0.2, 0.25) is 0 Å². The second kappa shape index (κ2) is 10.7. The molecule has 0 radical (unpaired) electrons. The Morgan fingerprint density at radius 1 is 0.769 bits per heavy atom. The Balaban J connectivity index is 0.000000223. The van der Waals surface area contributed by atoms with Gasteiger partial charge in [-0.2, -0.15) is 0 Å². The minimum Gasteiger partial charge on any atom is -0.373 e. The Morgan fingerprint density at radius 2 is 1.08 bits per heavy atom. The Labute approximate surface area is 80.4 Å². The molecule has 0 unspecified atom stereocenters. The molecule has 0 saturated heterocycles. The number of benzene rings is 1. The van der Waals surface area contributed by atoms with E-state index in [0.717, 1.165) is 0 Å². The Kier molecular flexibility index (Phi) is 9.56. The quantitative estimate of drug-likeness (QED) is 0.506. The van der Waals surface area contributed by atoms with Crippen molar-refractivity contribution in [1.82, 2.24) is 0 Å². The average molecular weight is 176 g/mol. The van der Waals surface area contributed by atoms with Crippen molar-refractivity contribution in [3.05, 3.63) is 61.7 Å². The van der Waals surface area contributed by atoms with E-state index in [9.17, 15) is 0 Å². The summed E-state index contributed by atoms with van der Waals surface area (Å²) in [5.41, 5.74) is 0. The van der Waals surface area contributed by atoms with E-state index < -0.39 is 0 Å². The van der Waals surface area contributed by atoms with Gasteiger partial charge in [0, 0.05) is 0 Å². The molecule has 0 spiro atoms. The summed E-state index contributed by atoms with van der Waals surface area (Å²) in [7, 11) is 0. The van der Waals surface area contributed by atoms with E-state index in [1.54, 1.807) is 12.2 Å². The molecule has 0 N–H and O–H groups in total. The third-order valence-corrected chi connectivity index (χ3v) is 1.14. The topological polar surface area (TPSA) is 9.23 Å². The SMILES string of the molecule is C=CCOCC=C.c1ccccc1. The van der Waals surface area contributed by atoms with Crippen LogP contribution in [0, 0.1) is 0 Å². The minimum atomic E-state index is 0.617. The van der Waals surface area contributed by atoms with Crippen LogP contribution in [0.25, 0.3) is 0 Å². The van der Waals surface area contributed by atoms with Crippen molar-refractivity contribution in [2.45, 2.75) is 0 Å². The van der Waals surface area contributed by atoms with Gasteiger partial charge in [-0.3, -0.25) is 0 Å². The molecule has 0 amide bonds. The first-order chi connectivity index (χ1) is 6.41. The Morgan fingerprint density at radius 3 is 1.31 bits per heavy atom. The van der Waals surface area contributed by atoms with E-state index in [0.29, 0.717) is 13.2 Å². The zero-order chi connectivity index (χ0) is 9.78. The Bertz CT molecular complexity index is 169. The van der Waals surface area contributed by atoms with E-state index in [-0.39, 0.29) is 0 Å². The third-order valence-electron chi connectivity index (χ3n) is 1.14. The van der Waals surface area contributed by atoms with Crippen LogP contribution >= 0.6 is 0 Å². The lowest BCUT2D eigenvalue weighted by Crippen LogP contribution is -1.87. The molecule has 0 saturated carbocycles. The van der Waals surface area contributed by atoms with Crippen molar-refractivity contribution in [3.63, 3.8) is 0 Å². The first-order valence-electron chi connectivity index (χ1n) is 4.21. The largest absolute Gasteiger partial charge is 0.373 e. The fraction of sp³-hybridized carbons (Fsp3) is 0.167. The van der Waals surface area contributed by atoms with Gasteiger partial charge in [0.05, 0.1) is 13.2 Å². The summed E-state index contributed by atoms with van der Waals surface area (Å²) in [5.74, 6) is 0. The molecule has 0 aliphatic carbocycles. The molecule has 1 aromatic rings. The van der Waals surface area contributed by atoms with Crippen molar-refractivity contribution in [2.24, 2.45) is 0 Å². The second-order valence-corrected chi connectivity index (χ2v) is 2.27. The number of hydrogen-bond donors (Lipinski definition) is 0. The predicted molar refractivity (Wildman–Crippen MR) is 57.7 cm³/mol. The maximum atomic E-state index is 4.90. The summed E-state index contributed by atoms with van der Waals surface area (Å²) in [6, 6.07) is 12.0. The summed E-state index contributed by atoms with van der Waals surface area (Å²) >= 11 is 0. The fourth-order valence-electron chi connectivity index (χ4n) is 0.620. The molecular formula is C12H16O. The van der Waals surface area contributed by atoms with Crippen LogP contribution in [-0.4, -0.2) is 13.2 Å². The van der Waals surface area contributed by atoms with E-state index in [1.165, 1.54) is 0 Å². The van der Waals surface area contributed by atoms with Crippen molar-refractivity contribution in [2.75, 3.05) is 13.2 Å². The molecule has 0 fully saturated rings. The van der Waals surface area contributed by atoms with Crippen LogP contribution in [0.2, 0.25) is 0 Å². The lowest BCUT2D eigenvalue weighted by Gasteiger charge is -1.89. The van der Waals surface area contributed by atoms with Crippen LogP contribution in [0.4, 0.5) is 0 Å². The summed E-state index contributed by atoms with van der Waals surface area (Å²) in [5, 5.41) is 0. The van der Waals surface area contributed by atoms with Crippen LogP contribution in [0.3, 0.4) is 0 Å². The predicted octanol–water partition coefficient (Wildman–Crippen LogP) is 3.06. The average Bonchev–Trinajstić information content (AvgIpc) is 2.22. The van der Waals surface area contributed by atoms with Crippen molar-refractivity contribution < 1.29 is 4.74 Å². The van der Waals surface area contributed by atoms with Gasteiger partial charge in [-0.25, -0.2) is 0 Å². The van der Waals surface area contributed by atoms with Crippen molar-refractivity contribution in [3.8, 4) is 0 Å². The van der Waals surface area contributed by atoms with Gasteiger partial charge in [-0.05, 0) is 0 Å². The van der Waals surface area contributed by atoms with Crippen molar-refractivity contribution >= 4 is 0 Å². The van der Waals surface area contributed by atoms with Crippen LogP contribution in [0.15, 0.2) is 61.7 Å². The number of rotatable bonds is 4. The van der Waals surface area contributed by atoms with Crippen molar-refractivity contribution in [1.29, 1.82) is 0 Å². The first kappa shape index (κ1) is 11.7. The van der Waals surface area contributed by atoms with Crippen LogP contribution in [0.5, 0.6) is 0 Å². The molecule has 0 aliphatic rings. The van der Waals surface area contributed by atoms with E-state index >= 15 is 0 Å². The van der Waals surface area contributed by atoms with E-state index in [4.69, 9.17) is 4.74 Å². The summed E-state index contributed by atoms with van der Waals surface area (Å²) in [6.45, 7) is 8.18. The molecule has 1 rings (SSSR count). The molecule has 0 aromatic heterocycles. The van der Waals surface area contributed by atoms with Gasteiger partial charge in [-0.15, -0.1) is 13.2 Å². The smallest absolute Gasteiger partial charge is 0.0649 e. The fourth-order valence-corrected chi connectivity index (χ4v) is 0.620. The molecule has 1 aromatic carbocycles. The Hall–Kier alpha value is -1.34. The van der Waals surface area contributed by atoms with Gasteiger partial charge >= 0.3 is 0 Å². The summed E-state index contributed by atoms with van der Waals surface area (Å²) in [6.07, 6.45) is 3.42. The first-order valence-corrected chi connectivity index (χ1v) is 4.21. The maximum Gasteiger partial charge on any atom is 0.0649 e. The summed E-state index contributed by atoms with van der Waals surface area (Å²) < 4.78 is 4.90. The molecule has 13 heavy (non-hydrogen) atoms. The molecule has 70 valence electrons. The normalized spacial score (nSPS) is 8.00. The molecular weight excluding hydrogens is 160 g/mol. The zero-order valence-corrected chi connectivity index (χ0v) is 7.86. The van der Waals surface area contributed by atoms with Gasteiger partial charge < -0.3 is 4.74 Å². The highest BCUT2D eigenvalue weighted by molar-refractivity contribution is 4.99. The van der Waals surface area contributed by atoms with Crippen LogP contribution in [-0.2, 0) is 4.74 Å². The van der Waals surface area contributed by atoms with Gasteiger partial charge in [0.25, 0.3) is 0 Å². The summed E-state index contributed by atoms with van der Waals surface area (Å²) in [4.78, 5) is 0. The lowest BCUT2D eigenvalue weighted by molar-refractivity contribution is 0.194. The molecule has 0 heterocycles. The van der Waals surface area contributed by atoms with Crippen LogP contribution < -0.4 is 0 Å². The van der Waals surface area contributed by atoms with E-state index in [2.05, 4.69) is 13.2 Å². The highest BCUT2D eigenvalue weighted by atomic mass is 16.5.